The van der Waals surface area contributed by atoms with Gasteiger partial charge in [-0.1, -0.05) is 31.2 Å². The van der Waals surface area contributed by atoms with E-state index in [2.05, 4.69) is 43.4 Å². The van der Waals surface area contributed by atoms with E-state index < -0.39 is 0 Å². The molecule has 1 aromatic carbocycles. The minimum Gasteiger partial charge on any atom is -0.377 e. The highest BCUT2D eigenvalue weighted by Crippen LogP contribution is 2.40. The molecule has 3 unspecified atom stereocenters. The summed E-state index contributed by atoms with van der Waals surface area (Å²) >= 11 is 0. The fourth-order valence-electron chi connectivity index (χ4n) is 3.06. The molecule has 2 nitrogen and oxygen atoms in total. The lowest BCUT2D eigenvalue weighted by atomic mass is 9.72. The van der Waals surface area contributed by atoms with Crippen LogP contribution in [0.5, 0.6) is 0 Å². The highest BCUT2D eigenvalue weighted by molar-refractivity contribution is 5.40. The molecule has 0 fully saturated rings. The quantitative estimate of drug-likeness (QED) is 0.834. The number of nitrogens with one attached hydrogen (secondary N) is 1. The molecule has 0 amide bonds. The van der Waals surface area contributed by atoms with Crippen LogP contribution in [0, 0.1) is 0 Å². The standard InChI is InChI=1S/C16H25NO/c1-5-16(2,18-4)15(17-3)11-13-10-12-8-6-7-9-14(12)13/h6-9,13,15,17H,5,10-11H2,1-4H3. The van der Waals surface area contributed by atoms with Gasteiger partial charge in [-0.05, 0) is 50.3 Å². The van der Waals surface area contributed by atoms with Gasteiger partial charge in [-0.15, -0.1) is 0 Å². The predicted molar refractivity (Wildman–Crippen MR) is 76.1 cm³/mol. The van der Waals surface area contributed by atoms with Crippen LogP contribution in [0.25, 0.3) is 0 Å². The SMILES string of the molecule is CCC(C)(OC)C(CC1Cc2ccccc21)NC. The zero-order valence-electron chi connectivity index (χ0n) is 12.0. The second kappa shape index (κ2) is 5.41. The van der Waals surface area contributed by atoms with E-state index >= 15 is 0 Å². The molecule has 0 bridgehead atoms. The predicted octanol–water partition coefficient (Wildman–Crippen LogP) is 3.12. The number of ether oxygens (including phenoxy) is 1. The van der Waals surface area contributed by atoms with Gasteiger partial charge in [-0.3, -0.25) is 0 Å². The van der Waals surface area contributed by atoms with E-state index in [1.54, 1.807) is 0 Å². The molecule has 0 radical (unpaired) electrons. The van der Waals surface area contributed by atoms with Gasteiger partial charge in [-0.25, -0.2) is 0 Å². The first-order valence-electron chi connectivity index (χ1n) is 6.94. The molecule has 0 heterocycles. The average molecular weight is 247 g/mol. The minimum absolute atomic E-state index is 0.0702. The van der Waals surface area contributed by atoms with Crippen LogP contribution >= 0.6 is 0 Å². The Balaban J connectivity index is 2.05. The van der Waals surface area contributed by atoms with Crippen molar-refractivity contribution in [3.63, 3.8) is 0 Å². The highest BCUT2D eigenvalue weighted by Gasteiger charge is 2.36. The van der Waals surface area contributed by atoms with Gasteiger partial charge in [0.1, 0.15) is 0 Å². The first kappa shape index (κ1) is 13.6. The van der Waals surface area contributed by atoms with Crippen molar-refractivity contribution in [1.29, 1.82) is 0 Å². The Labute approximate surface area is 111 Å². The van der Waals surface area contributed by atoms with Gasteiger partial charge in [0.25, 0.3) is 0 Å². The van der Waals surface area contributed by atoms with Gasteiger partial charge < -0.3 is 10.1 Å². The minimum atomic E-state index is -0.0702. The van der Waals surface area contributed by atoms with Gasteiger partial charge in [0, 0.05) is 13.2 Å². The molecule has 1 aromatic rings. The monoisotopic (exact) mass is 247 g/mol. The van der Waals surface area contributed by atoms with E-state index in [0.717, 1.165) is 12.8 Å². The third kappa shape index (κ3) is 2.32. The van der Waals surface area contributed by atoms with E-state index in [1.165, 1.54) is 17.5 Å². The highest BCUT2D eigenvalue weighted by atomic mass is 16.5. The Morgan fingerprint density at radius 1 is 1.44 bits per heavy atom. The summed E-state index contributed by atoms with van der Waals surface area (Å²) < 4.78 is 5.73. The number of methoxy groups -OCH3 is 1. The van der Waals surface area contributed by atoms with E-state index in [9.17, 15) is 0 Å². The van der Waals surface area contributed by atoms with Crippen LogP contribution in [0.1, 0.15) is 43.7 Å². The van der Waals surface area contributed by atoms with Crippen molar-refractivity contribution >= 4 is 0 Å². The maximum Gasteiger partial charge on any atom is 0.0800 e. The van der Waals surface area contributed by atoms with Crippen molar-refractivity contribution in [3.05, 3.63) is 35.4 Å². The summed E-state index contributed by atoms with van der Waals surface area (Å²) in [6.45, 7) is 4.40. The molecule has 18 heavy (non-hydrogen) atoms. The molecule has 100 valence electrons. The van der Waals surface area contributed by atoms with Crippen LogP contribution in [0.2, 0.25) is 0 Å². The Bertz CT molecular complexity index is 398. The Kier molecular flexibility index (Phi) is 4.08. The number of benzene rings is 1. The number of hydrogen-bond acceptors (Lipinski definition) is 2. The van der Waals surface area contributed by atoms with Crippen molar-refractivity contribution in [3.8, 4) is 0 Å². The molecule has 1 N–H and O–H groups in total. The normalized spacial score (nSPS) is 22.8. The summed E-state index contributed by atoms with van der Waals surface area (Å²) in [7, 11) is 3.87. The Morgan fingerprint density at radius 3 is 2.72 bits per heavy atom. The molecular weight excluding hydrogens is 222 g/mol. The summed E-state index contributed by atoms with van der Waals surface area (Å²) in [6.07, 6.45) is 3.41. The van der Waals surface area contributed by atoms with Crippen molar-refractivity contribution < 1.29 is 4.74 Å². The summed E-state index contributed by atoms with van der Waals surface area (Å²) in [5, 5.41) is 3.45. The van der Waals surface area contributed by atoms with Gasteiger partial charge in [0.05, 0.1) is 5.60 Å². The third-order valence-electron chi connectivity index (χ3n) is 4.74. The summed E-state index contributed by atoms with van der Waals surface area (Å²) in [5.74, 6) is 0.694. The largest absolute Gasteiger partial charge is 0.377 e. The molecule has 0 aromatic heterocycles. The second-order valence-corrected chi connectivity index (χ2v) is 5.55. The van der Waals surface area contributed by atoms with Gasteiger partial charge >= 0.3 is 0 Å². The van der Waals surface area contributed by atoms with Crippen LogP contribution in [0.4, 0.5) is 0 Å². The van der Waals surface area contributed by atoms with E-state index in [4.69, 9.17) is 4.74 Å². The summed E-state index contributed by atoms with van der Waals surface area (Å²) in [4.78, 5) is 0. The lowest BCUT2D eigenvalue weighted by Crippen LogP contribution is -2.49. The maximum atomic E-state index is 5.73. The molecule has 0 saturated heterocycles. The van der Waals surface area contributed by atoms with Crippen LogP contribution in [-0.2, 0) is 11.2 Å². The lowest BCUT2D eigenvalue weighted by molar-refractivity contribution is -0.0313. The molecule has 1 aliphatic rings. The fraction of sp³-hybridized carbons (Fsp3) is 0.625. The molecule has 2 heteroatoms. The van der Waals surface area contributed by atoms with E-state index in [-0.39, 0.29) is 5.60 Å². The first-order valence-corrected chi connectivity index (χ1v) is 6.94. The van der Waals surface area contributed by atoms with Gasteiger partial charge in [0.2, 0.25) is 0 Å². The molecular formula is C16H25NO. The van der Waals surface area contributed by atoms with Crippen molar-refractivity contribution in [2.75, 3.05) is 14.2 Å². The number of rotatable bonds is 6. The molecule has 2 rings (SSSR count). The smallest absolute Gasteiger partial charge is 0.0800 e. The van der Waals surface area contributed by atoms with Crippen LogP contribution in [0.3, 0.4) is 0 Å². The number of hydrogen-bond donors (Lipinski definition) is 1. The van der Waals surface area contributed by atoms with Gasteiger partial charge in [0.15, 0.2) is 0 Å². The van der Waals surface area contributed by atoms with Crippen molar-refractivity contribution in [1.82, 2.24) is 5.32 Å². The maximum absolute atomic E-state index is 5.73. The van der Waals surface area contributed by atoms with Crippen molar-refractivity contribution in [2.45, 2.75) is 50.7 Å². The molecule has 3 atom stereocenters. The molecule has 0 aliphatic heterocycles. The third-order valence-corrected chi connectivity index (χ3v) is 4.74. The lowest BCUT2D eigenvalue weighted by Gasteiger charge is -2.40. The van der Waals surface area contributed by atoms with Gasteiger partial charge in [-0.2, -0.15) is 0 Å². The Morgan fingerprint density at radius 2 is 2.17 bits per heavy atom. The fourth-order valence-corrected chi connectivity index (χ4v) is 3.06. The average Bonchev–Trinajstić information content (AvgIpc) is 2.39. The summed E-state index contributed by atoms with van der Waals surface area (Å²) in [6, 6.07) is 9.21. The van der Waals surface area contributed by atoms with E-state index in [1.807, 2.05) is 14.2 Å². The number of fused-ring (bicyclic) bond motifs is 1. The zero-order chi connectivity index (χ0) is 13.2. The zero-order valence-corrected chi connectivity index (χ0v) is 12.0. The van der Waals surface area contributed by atoms with Crippen LogP contribution in [-0.4, -0.2) is 25.8 Å². The first-order chi connectivity index (χ1) is 8.64. The molecule has 1 aliphatic carbocycles. The second-order valence-electron chi connectivity index (χ2n) is 5.55. The Hall–Kier alpha value is -0.860. The van der Waals surface area contributed by atoms with Crippen LogP contribution in [0.15, 0.2) is 24.3 Å². The topological polar surface area (TPSA) is 21.3 Å². The molecule has 0 saturated carbocycles. The summed E-state index contributed by atoms with van der Waals surface area (Å²) in [5.41, 5.74) is 2.99. The van der Waals surface area contributed by atoms with Crippen LogP contribution < -0.4 is 5.32 Å². The van der Waals surface area contributed by atoms with E-state index in [0.29, 0.717) is 12.0 Å². The number of likely N-dealkylation sites (N-methyl/N-ethyl adjacent to an activating group) is 1. The molecule has 0 spiro atoms. The van der Waals surface area contributed by atoms with Crippen molar-refractivity contribution in [2.24, 2.45) is 0 Å².